The van der Waals surface area contributed by atoms with Gasteiger partial charge in [-0.2, -0.15) is 0 Å². The van der Waals surface area contributed by atoms with Crippen molar-refractivity contribution in [2.45, 2.75) is 25.4 Å². The molecule has 20 heavy (non-hydrogen) atoms. The number of para-hydroxylation sites is 1. The number of likely N-dealkylation sites (tertiary alicyclic amines) is 1. The minimum atomic E-state index is 0.527. The monoisotopic (exact) mass is 277 g/mol. The molecule has 1 unspecified atom stereocenters. The van der Waals surface area contributed by atoms with E-state index >= 15 is 0 Å². The van der Waals surface area contributed by atoms with Crippen molar-refractivity contribution in [3.05, 3.63) is 29.8 Å². The number of hydrogen-bond donors (Lipinski definition) is 1. The van der Waals surface area contributed by atoms with Crippen molar-refractivity contribution in [1.29, 1.82) is 0 Å². The van der Waals surface area contributed by atoms with E-state index in [0.29, 0.717) is 19.2 Å². The van der Waals surface area contributed by atoms with Crippen LogP contribution in [0.5, 0.6) is 5.75 Å². The molecule has 0 saturated carbocycles. The lowest BCUT2D eigenvalue weighted by Crippen LogP contribution is -2.38. The van der Waals surface area contributed by atoms with Crippen LogP contribution in [0.15, 0.2) is 24.3 Å². The lowest BCUT2D eigenvalue weighted by Gasteiger charge is -2.25. The van der Waals surface area contributed by atoms with Crippen molar-refractivity contribution in [1.82, 2.24) is 9.80 Å². The van der Waals surface area contributed by atoms with Crippen molar-refractivity contribution in [3.63, 3.8) is 0 Å². The van der Waals surface area contributed by atoms with Gasteiger partial charge in [-0.3, -0.25) is 0 Å². The van der Waals surface area contributed by atoms with Crippen LogP contribution in [0.25, 0.3) is 0 Å². The lowest BCUT2D eigenvalue weighted by atomic mass is 10.2. The smallest absolute Gasteiger partial charge is 0.123 e. The third kappa shape index (κ3) is 4.20. The Balaban J connectivity index is 1.72. The van der Waals surface area contributed by atoms with Gasteiger partial charge in [0.25, 0.3) is 0 Å². The summed E-state index contributed by atoms with van der Waals surface area (Å²) in [6.07, 6.45) is 2.65. The van der Waals surface area contributed by atoms with E-state index in [0.717, 1.165) is 24.4 Å². The number of rotatable bonds is 7. The predicted octanol–water partition coefficient (Wildman–Crippen LogP) is 1.55. The Hall–Kier alpha value is -1.10. The fraction of sp³-hybridized carbons (Fsp3) is 0.625. The van der Waals surface area contributed by atoms with Crippen LogP contribution in [0.3, 0.4) is 0 Å². The number of nitrogens with zero attached hydrogens (tertiary/aromatic N) is 2. The van der Waals surface area contributed by atoms with E-state index in [9.17, 15) is 0 Å². The standard InChI is InChI=1S/C16H27N3O/c1-18(13-15-7-5-9-19(15)2)10-11-20-16-8-4-3-6-14(16)12-17/h3-4,6,8,15H,5,7,9-13,17H2,1-2H3. The molecular weight excluding hydrogens is 250 g/mol. The molecule has 0 bridgehead atoms. The molecule has 0 radical (unpaired) electrons. The summed E-state index contributed by atoms with van der Waals surface area (Å²) in [6, 6.07) is 8.71. The van der Waals surface area contributed by atoms with Gasteiger partial charge in [-0.15, -0.1) is 0 Å². The highest BCUT2D eigenvalue weighted by Gasteiger charge is 2.21. The normalized spacial score (nSPS) is 19.7. The van der Waals surface area contributed by atoms with E-state index in [2.05, 4.69) is 23.9 Å². The highest BCUT2D eigenvalue weighted by atomic mass is 16.5. The molecular formula is C16H27N3O. The molecule has 4 nitrogen and oxygen atoms in total. The second-order valence-corrected chi connectivity index (χ2v) is 5.70. The van der Waals surface area contributed by atoms with Gasteiger partial charge in [0.05, 0.1) is 0 Å². The van der Waals surface area contributed by atoms with Crippen LogP contribution in [0, 0.1) is 0 Å². The van der Waals surface area contributed by atoms with Gasteiger partial charge >= 0.3 is 0 Å². The van der Waals surface area contributed by atoms with Gasteiger partial charge in [0.1, 0.15) is 12.4 Å². The fourth-order valence-electron chi connectivity index (χ4n) is 2.79. The molecule has 1 aliphatic heterocycles. The van der Waals surface area contributed by atoms with Gasteiger partial charge in [-0.05, 0) is 39.5 Å². The number of hydrogen-bond acceptors (Lipinski definition) is 4. The molecule has 1 heterocycles. The zero-order valence-corrected chi connectivity index (χ0v) is 12.7. The summed E-state index contributed by atoms with van der Waals surface area (Å²) in [5.74, 6) is 0.918. The number of likely N-dealkylation sites (N-methyl/N-ethyl adjacent to an activating group) is 2. The average molecular weight is 277 g/mol. The van der Waals surface area contributed by atoms with Crippen molar-refractivity contribution in [2.75, 3.05) is 40.3 Å². The minimum absolute atomic E-state index is 0.527. The molecule has 0 amide bonds. The zero-order valence-electron chi connectivity index (χ0n) is 12.7. The first-order chi connectivity index (χ1) is 9.70. The molecule has 0 spiro atoms. The second kappa shape index (κ2) is 7.62. The van der Waals surface area contributed by atoms with Gasteiger partial charge < -0.3 is 20.3 Å². The summed E-state index contributed by atoms with van der Waals surface area (Å²) in [5.41, 5.74) is 6.79. The SMILES string of the molecule is CN(CCOc1ccccc1CN)CC1CCCN1C. The number of ether oxygens (including phenoxy) is 1. The summed E-state index contributed by atoms with van der Waals surface area (Å²) < 4.78 is 5.85. The van der Waals surface area contributed by atoms with Gasteiger partial charge in [0.15, 0.2) is 0 Å². The van der Waals surface area contributed by atoms with Crippen molar-refractivity contribution < 1.29 is 4.74 Å². The first-order valence-electron chi connectivity index (χ1n) is 7.50. The Morgan fingerprint density at radius 1 is 1.40 bits per heavy atom. The summed E-state index contributed by atoms with van der Waals surface area (Å²) in [4.78, 5) is 4.82. The van der Waals surface area contributed by atoms with E-state index in [1.165, 1.54) is 19.4 Å². The average Bonchev–Trinajstić information content (AvgIpc) is 2.85. The third-order valence-electron chi connectivity index (χ3n) is 4.12. The van der Waals surface area contributed by atoms with Crippen molar-refractivity contribution >= 4 is 0 Å². The van der Waals surface area contributed by atoms with Gasteiger partial charge in [0.2, 0.25) is 0 Å². The van der Waals surface area contributed by atoms with Crippen LogP contribution in [0.2, 0.25) is 0 Å². The molecule has 4 heteroatoms. The largest absolute Gasteiger partial charge is 0.492 e. The highest BCUT2D eigenvalue weighted by Crippen LogP contribution is 2.17. The molecule has 0 aromatic heterocycles. The second-order valence-electron chi connectivity index (χ2n) is 5.70. The highest BCUT2D eigenvalue weighted by molar-refractivity contribution is 5.32. The molecule has 1 aromatic rings. The van der Waals surface area contributed by atoms with Crippen molar-refractivity contribution in [2.24, 2.45) is 5.73 Å². The molecule has 2 rings (SSSR count). The minimum Gasteiger partial charge on any atom is -0.492 e. The Morgan fingerprint density at radius 3 is 2.90 bits per heavy atom. The molecule has 112 valence electrons. The molecule has 2 N–H and O–H groups in total. The summed E-state index contributed by atoms with van der Waals surface area (Å²) >= 11 is 0. The zero-order chi connectivity index (χ0) is 14.4. The molecule has 1 saturated heterocycles. The molecule has 1 aliphatic rings. The van der Waals surface area contributed by atoms with Crippen molar-refractivity contribution in [3.8, 4) is 5.75 Å². The maximum absolute atomic E-state index is 5.85. The Morgan fingerprint density at radius 2 is 2.20 bits per heavy atom. The molecule has 0 aliphatic carbocycles. The first kappa shape index (κ1) is 15.3. The number of benzene rings is 1. The first-order valence-corrected chi connectivity index (χ1v) is 7.50. The molecule has 1 aromatic carbocycles. The summed E-state index contributed by atoms with van der Waals surface area (Å²) in [7, 11) is 4.39. The van der Waals surface area contributed by atoms with Gasteiger partial charge in [-0.1, -0.05) is 18.2 Å². The number of nitrogens with two attached hydrogens (primary N) is 1. The Bertz CT molecular complexity index is 410. The van der Waals surface area contributed by atoms with E-state index in [4.69, 9.17) is 10.5 Å². The maximum atomic E-state index is 5.85. The van der Waals surface area contributed by atoms with Crippen LogP contribution in [-0.4, -0.2) is 56.2 Å². The quantitative estimate of drug-likeness (QED) is 0.821. The Labute approximate surface area is 122 Å². The van der Waals surface area contributed by atoms with Crippen LogP contribution in [0.4, 0.5) is 0 Å². The van der Waals surface area contributed by atoms with Gasteiger partial charge in [-0.25, -0.2) is 0 Å². The van der Waals surface area contributed by atoms with Crippen LogP contribution in [0.1, 0.15) is 18.4 Å². The third-order valence-corrected chi connectivity index (χ3v) is 4.12. The maximum Gasteiger partial charge on any atom is 0.123 e. The van der Waals surface area contributed by atoms with Gasteiger partial charge in [0, 0.05) is 31.2 Å². The van der Waals surface area contributed by atoms with E-state index < -0.39 is 0 Å². The van der Waals surface area contributed by atoms with Crippen LogP contribution in [-0.2, 0) is 6.54 Å². The fourth-order valence-corrected chi connectivity index (χ4v) is 2.79. The molecule has 1 atom stereocenters. The van der Waals surface area contributed by atoms with E-state index in [1.54, 1.807) is 0 Å². The summed E-state index contributed by atoms with van der Waals surface area (Å²) in [5, 5.41) is 0. The topological polar surface area (TPSA) is 41.7 Å². The Kier molecular flexibility index (Phi) is 5.83. The van der Waals surface area contributed by atoms with Crippen LogP contribution < -0.4 is 10.5 Å². The molecule has 1 fully saturated rings. The summed E-state index contributed by atoms with van der Waals surface area (Å²) in [6.45, 7) is 4.54. The van der Waals surface area contributed by atoms with E-state index in [1.807, 2.05) is 24.3 Å². The van der Waals surface area contributed by atoms with E-state index in [-0.39, 0.29) is 0 Å². The predicted molar refractivity (Wildman–Crippen MR) is 83.0 cm³/mol. The lowest BCUT2D eigenvalue weighted by molar-refractivity contribution is 0.189. The van der Waals surface area contributed by atoms with Crippen LogP contribution >= 0.6 is 0 Å².